The van der Waals surface area contributed by atoms with E-state index in [-0.39, 0.29) is 16.9 Å². The lowest BCUT2D eigenvalue weighted by Crippen LogP contribution is -2.01. The fourth-order valence-corrected chi connectivity index (χ4v) is 1.34. The second kappa shape index (κ2) is 5.25. The van der Waals surface area contributed by atoms with E-state index in [0.29, 0.717) is 0 Å². The SMILES string of the molecule is COc1ccc(C(C)=O)c(F)c1C=CC(=O)O. The summed E-state index contributed by atoms with van der Waals surface area (Å²) in [5.74, 6) is -2.26. The van der Waals surface area contributed by atoms with E-state index >= 15 is 0 Å². The first-order valence-electron chi connectivity index (χ1n) is 4.75. The molecule has 5 heteroatoms. The highest BCUT2D eigenvalue weighted by atomic mass is 19.1. The molecule has 0 aliphatic carbocycles. The molecule has 0 fully saturated rings. The molecule has 0 heterocycles. The van der Waals surface area contributed by atoms with Crippen molar-refractivity contribution in [2.75, 3.05) is 7.11 Å². The van der Waals surface area contributed by atoms with Crippen molar-refractivity contribution in [3.05, 3.63) is 35.2 Å². The number of carbonyl (C=O) groups excluding carboxylic acids is 1. The first-order valence-corrected chi connectivity index (χ1v) is 4.75. The van der Waals surface area contributed by atoms with Gasteiger partial charge in [-0.1, -0.05) is 0 Å². The Hall–Kier alpha value is -2.17. The van der Waals surface area contributed by atoms with Crippen LogP contribution in [0.25, 0.3) is 6.08 Å². The highest BCUT2D eigenvalue weighted by Crippen LogP contribution is 2.26. The normalized spacial score (nSPS) is 10.5. The zero-order valence-electron chi connectivity index (χ0n) is 9.36. The van der Waals surface area contributed by atoms with Crippen LogP contribution in [-0.4, -0.2) is 24.0 Å². The molecule has 0 spiro atoms. The van der Waals surface area contributed by atoms with Gasteiger partial charge in [0.2, 0.25) is 0 Å². The number of carboxylic acids is 1. The van der Waals surface area contributed by atoms with Crippen molar-refractivity contribution in [2.24, 2.45) is 0 Å². The predicted octanol–water partition coefficient (Wildman–Crippen LogP) is 2.13. The highest BCUT2D eigenvalue weighted by molar-refractivity contribution is 5.96. The number of ketones is 1. The van der Waals surface area contributed by atoms with Crippen LogP contribution < -0.4 is 4.74 Å². The lowest BCUT2D eigenvalue weighted by molar-refractivity contribution is -0.131. The van der Waals surface area contributed by atoms with E-state index in [9.17, 15) is 14.0 Å². The van der Waals surface area contributed by atoms with E-state index in [2.05, 4.69) is 0 Å². The van der Waals surface area contributed by atoms with Crippen LogP contribution in [0.15, 0.2) is 18.2 Å². The molecule has 0 bridgehead atoms. The van der Waals surface area contributed by atoms with Gasteiger partial charge in [0.25, 0.3) is 0 Å². The Kier molecular flexibility index (Phi) is 3.98. The van der Waals surface area contributed by atoms with Crippen LogP contribution in [0.4, 0.5) is 4.39 Å². The zero-order chi connectivity index (χ0) is 13.0. The Balaban J connectivity index is 3.37. The van der Waals surface area contributed by atoms with E-state index in [1.54, 1.807) is 0 Å². The summed E-state index contributed by atoms with van der Waals surface area (Å²) in [6, 6.07) is 2.72. The first-order chi connectivity index (χ1) is 7.97. The minimum absolute atomic E-state index is 0.0531. The maximum atomic E-state index is 13.9. The molecule has 0 atom stereocenters. The molecule has 0 aliphatic heterocycles. The van der Waals surface area contributed by atoms with E-state index in [1.165, 1.54) is 26.2 Å². The number of benzene rings is 1. The molecular weight excluding hydrogens is 227 g/mol. The summed E-state index contributed by atoms with van der Waals surface area (Å²) in [6.45, 7) is 1.23. The van der Waals surface area contributed by atoms with Gasteiger partial charge in [0.05, 0.1) is 18.2 Å². The number of hydrogen-bond acceptors (Lipinski definition) is 3. The van der Waals surface area contributed by atoms with Gasteiger partial charge in [-0.05, 0) is 25.1 Å². The number of rotatable bonds is 4. The van der Waals surface area contributed by atoms with Gasteiger partial charge in [-0.2, -0.15) is 0 Å². The quantitative estimate of drug-likeness (QED) is 0.644. The van der Waals surface area contributed by atoms with Crippen molar-refractivity contribution < 1.29 is 23.8 Å². The van der Waals surface area contributed by atoms with E-state index in [0.717, 1.165) is 12.2 Å². The van der Waals surface area contributed by atoms with Gasteiger partial charge in [0.15, 0.2) is 5.78 Å². The van der Waals surface area contributed by atoms with E-state index < -0.39 is 17.6 Å². The minimum Gasteiger partial charge on any atom is -0.496 e. The van der Waals surface area contributed by atoms with E-state index in [4.69, 9.17) is 9.84 Å². The Morgan fingerprint density at radius 2 is 2.06 bits per heavy atom. The van der Waals surface area contributed by atoms with Crippen LogP contribution in [0, 0.1) is 5.82 Å². The summed E-state index contributed by atoms with van der Waals surface area (Å²) >= 11 is 0. The average molecular weight is 238 g/mol. The summed E-state index contributed by atoms with van der Waals surface area (Å²) < 4.78 is 18.8. The highest BCUT2D eigenvalue weighted by Gasteiger charge is 2.14. The number of methoxy groups -OCH3 is 1. The Morgan fingerprint density at radius 1 is 1.41 bits per heavy atom. The smallest absolute Gasteiger partial charge is 0.328 e. The lowest BCUT2D eigenvalue weighted by Gasteiger charge is -2.08. The summed E-state index contributed by atoms with van der Waals surface area (Å²) in [7, 11) is 1.33. The van der Waals surface area contributed by atoms with Crippen molar-refractivity contribution in [2.45, 2.75) is 6.92 Å². The second-order valence-corrected chi connectivity index (χ2v) is 3.27. The number of hydrogen-bond donors (Lipinski definition) is 1. The van der Waals surface area contributed by atoms with Crippen molar-refractivity contribution in [3.8, 4) is 5.75 Å². The summed E-state index contributed by atoms with van der Waals surface area (Å²) in [5.41, 5.74) is -0.154. The monoisotopic (exact) mass is 238 g/mol. The summed E-state index contributed by atoms with van der Waals surface area (Å²) in [4.78, 5) is 21.5. The second-order valence-electron chi connectivity index (χ2n) is 3.27. The van der Waals surface area contributed by atoms with E-state index in [1.807, 2.05) is 0 Å². The molecule has 0 aliphatic rings. The number of carboxylic acid groups (broad SMARTS) is 1. The van der Waals surface area contributed by atoms with Crippen LogP contribution in [0.5, 0.6) is 5.75 Å². The number of carbonyl (C=O) groups is 2. The van der Waals surface area contributed by atoms with Crippen molar-refractivity contribution in [1.82, 2.24) is 0 Å². The third-order valence-electron chi connectivity index (χ3n) is 2.13. The van der Waals surface area contributed by atoms with Crippen LogP contribution in [-0.2, 0) is 4.79 Å². The lowest BCUT2D eigenvalue weighted by atomic mass is 10.1. The maximum Gasteiger partial charge on any atom is 0.328 e. The van der Waals surface area contributed by atoms with Crippen LogP contribution in [0.3, 0.4) is 0 Å². The molecular formula is C12H11FO4. The van der Waals surface area contributed by atoms with Gasteiger partial charge in [-0.25, -0.2) is 9.18 Å². The molecule has 0 amide bonds. The molecule has 0 aromatic heterocycles. The average Bonchev–Trinajstić information content (AvgIpc) is 2.26. The van der Waals surface area contributed by atoms with Gasteiger partial charge in [0, 0.05) is 6.08 Å². The van der Waals surface area contributed by atoms with Crippen LogP contribution in [0.2, 0.25) is 0 Å². The van der Waals surface area contributed by atoms with Gasteiger partial charge < -0.3 is 9.84 Å². The summed E-state index contributed by atoms with van der Waals surface area (Å²) in [6.07, 6.45) is 1.84. The maximum absolute atomic E-state index is 13.9. The van der Waals surface area contributed by atoms with Gasteiger partial charge in [-0.15, -0.1) is 0 Å². The minimum atomic E-state index is -1.21. The number of Topliss-reactive ketones (excluding diaryl/α,β-unsaturated/α-hetero) is 1. The van der Waals surface area contributed by atoms with Gasteiger partial charge in [0.1, 0.15) is 11.6 Å². The van der Waals surface area contributed by atoms with Gasteiger partial charge in [-0.3, -0.25) is 4.79 Å². The largest absolute Gasteiger partial charge is 0.496 e. The van der Waals surface area contributed by atoms with Crippen molar-refractivity contribution in [3.63, 3.8) is 0 Å². The molecule has 0 saturated heterocycles. The molecule has 90 valence electrons. The Morgan fingerprint density at radius 3 is 2.53 bits per heavy atom. The molecule has 4 nitrogen and oxygen atoms in total. The predicted molar refractivity (Wildman–Crippen MR) is 59.6 cm³/mol. The van der Waals surface area contributed by atoms with Gasteiger partial charge >= 0.3 is 5.97 Å². The third-order valence-corrected chi connectivity index (χ3v) is 2.13. The number of ether oxygens (including phenoxy) is 1. The van der Waals surface area contributed by atoms with Crippen molar-refractivity contribution >= 4 is 17.8 Å². The molecule has 1 aromatic rings. The van der Waals surface area contributed by atoms with Crippen molar-refractivity contribution in [1.29, 1.82) is 0 Å². The molecule has 1 N–H and O–H groups in total. The molecule has 1 rings (SSSR count). The first kappa shape index (κ1) is 12.9. The third kappa shape index (κ3) is 2.90. The molecule has 1 aromatic carbocycles. The molecule has 17 heavy (non-hydrogen) atoms. The van der Waals surface area contributed by atoms with Crippen LogP contribution >= 0.6 is 0 Å². The fourth-order valence-electron chi connectivity index (χ4n) is 1.34. The topological polar surface area (TPSA) is 63.6 Å². The molecule has 0 saturated carbocycles. The standard InChI is InChI=1S/C12H11FO4/c1-7(14)8-3-5-10(17-2)9(12(8)13)4-6-11(15)16/h3-6H,1-2H3,(H,15,16). The fraction of sp³-hybridized carbons (Fsp3) is 0.167. The summed E-state index contributed by atoms with van der Waals surface area (Å²) in [5, 5.41) is 8.49. The zero-order valence-corrected chi connectivity index (χ0v) is 9.36. The Bertz CT molecular complexity index is 492. The Labute approximate surface area is 97.3 Å². The molecule has 0 radical (unpaired) electrons. The number of aliphatic carboxylic acids is 1. The molecule has 0 unspecified atom stereocenters. The number of halogens is 1. The van der Waals surface area contributed by atoms with Crippen LogP contribution in [0.1, 0.15) is 22.8 Å².